The van der Waals surface area contributed by atoms with Crippen LogP contribution in [0.1, 0.15) is 25.3 Å². The molecule has 1 atom stereocenters. The van der Waals surface area contributed by atoms with Crippen LogP contribution in [-0.4, -0.2) is 15.0 Å². The van der Waals surface area contributed by atoms with Gasteiger partial charge in [-0.1, -0.05) is 25.1 Å². The molecule has 1 aromatic carbocycles. The highest BCUT2D eigenvalue weighted by molar-refractivity contribution is 7.88. The predicted molar refractivity (Wildman–Crippen MR) is 73.4 cm³/mol. The summed E-state index contributed by atoms with van der Waals surface area (Å²) in [4.78, 5) is 0. The van der Waals surface area contributed by atoms with Gasteiger partial charge in [0, 0.05) is 12.2 Å². The average molecular weight is 268 g/mol. The highest BCUT2D eigenvalue weighted by atomic mass is 32.2. The molecule has 1 aliphatic carbocycles. The van der Waals surface area contributed by atoms with Crippen molar-refractivity contribution in [1.82, 2.24) is 4.72 Å². The summed E-state index contributed by atoms with van der Waals surface area (Å²) in [7, 11) is -3.29. The SMILES string of the molecule is CC(CNS(=O)(=O)Cc1ccccc1N)C1CC1. The Morgan fingerprint density at radius 1 is 1.39 bits per heavy atom. The largest absolute Gasteiger partial charge is 0.398 e. The monoisotopic (exact) mass is 268 g/mol. The van der Waals surface area contributed by atoms with Crippen LogP contribution in [0, 0.1) is 11.8 Å². The van der Waals surface area contributed by atoms with Crippen LogP contribution >= 0.6 is 0 Å². The van der Waals surface area contributed by atoms with E-state index in [1.807, 2.05) is 0 Å². The lowest BCUT2D eigenvalue weighted by atomic mass is 10.1. The number of nitrogens with two attached hydrogens (primary N) is 1. The molecule has 0 heterocycles. The fraction of sp³-hybridized carbons (Fsp3) is 0.538. The Morgan fingerprint density at radius 3 is 2.67 bits per heavy atom. The fourth-order valence-corrected chi connectivity index (χ4v) is 3.30. The van der Waals surface area contributed by atoms with Gasteiger partial charge < -0.3 is 5.73 Å². The molecule has 1 fully saturated rings. The molecule has 0 aliphatic heterocycles. The first-order valence-electron chi connectivity index (χ1n) is 6.28. The Hall–Kier alpha value is -1.07. The van der Waals surface area contributed by atoms with E-state index in [4.69, 9.17) is 5.73 Å². The molecule has 5 heteroatoms. The normalized spacial score (nSPS) is 17.6. The number of rotatable bonds is 6. The van der Waals surface area contributed by atoms with Crippen molar-refractivity contribution in [2.75, 3.05) is 12.3 Å². The molecule has 0 saturated heterocycles. The smallest absolute Gasteiger partial charge is 0.215 e. The molecule has 1 aromatic rings. The molecule has 0 amide bonds. The number of para-hydroxylation sites is 1. The Labute approximate surface area is 109 Å². The maximum absolute atomic E-state index is 11.9. The van der Waals surface area contributed by atoms with Crippen molar-refractivity contribution in [3.63, 3.8) is 0 Å². The van der Waals surface area contributed by atoms with Crippen molar-refractivity contribution < 1.29 is 8.42 Å². The van der Waals surface area contributed by atoms with Gasteiger partial charge in [0.05, 0.1) is 5.75 Å². The molecular formula is C13H20N2O2S. The fourth-order valence-electron chi connectivity index (χ4n) is 2.01. The van der Waals surface area contributed by atoms with Crippen LogP contribution in [0.15, 0.2) is 24.3 Å². The Morgan fingerprint density at radius 2 is 2.06 bits per heavy atom. The third-order valence-electron chi connectivity index (χ3n) is 3.45. The highest BCUT2D eigenvalue weighted by Crippen LogP contribution is 2.36. The van der Waals surface area contributed by atoms with Gasteiger partial charge in [-0.05, 0) is 36.3 Å². The summed E-state index contributed by atoms with van der Waals surface area (Å²) in [5, 5.41) is 0. The third-order valence-corrected chi connectivity index (χ3v) is 4.75. The number of nitrogen functional groups attached to an aromatic ring is 1. The zero-order valence-electron chi connectivity index (χ0n) is 10.6. The quantitative estimate of drug-likeness (QED) is 0.772. The number of nitrogens with one attached hydrogen (secondary N) is 1. The maximum atomic E-state index is 11.9. The topological polar surface area (TPSA) is 72.2 Å². The summed E-state index contributed by atoms with van der Waals surface area (Å²) in [6.45, 7) is 2.62. The van der Waals surface area contributed by atoms with E-state index in [-0.39, 0.29) is 5.75 Å². The minimum absolute atomic E-state index is 0.0446. The molecule has 100 valence electrons. The molecule has 4 nitrogen and oxygen atoms in total. The number of benzene rings is 1. The third kappa shape index (κ3) is 3.71. The number of sulfonamides is 1. The van der Waals surface area contributed by atoms with E-state index in [1.54, 1.807) is 24.3 Å². The Bertz CT molecular complexity index is 509. The first-order valence-corrected chi connectivity index (χ1v) is 7.94. The van der Waals surface area contributed by atoms with Crippen molar-refractivity contribution in [1.29, 1.82) is 0 Å². The van der Waals surface area contributed by atoms with Gasteiger partial charge in [0.15, 0.2) is 0 Å². The number of hydrogen-bond acceptors (Lipinski definition) is 3. The number of anilines is 1. The van der Waals surface area contributed by atoms with Gasteiger partial charge in [0.2, 0.25) is 10.0 Å². The molecular weight excluding hydrogens is 248 g/mol. The molecule has 0 aromatic heterocycles. The summed E-state index contributed by atoms with van der Waals surface area (Å²) in [6.07, 6.45) is 2.46. The summed E-state index contributed by atoms with van der Waals surface area (Å²) in [5.74, 6) is 1.08. The average Bonchev–Trinajstić information content (AvgIpc) is 3.13. The van der Waals surface area contributed by atoms with E-state index in [0.29, 0.717) is 29.6 Å². The van der Waals surface area contributed by atoms with Crippen LogP contribution in [0.3, 0.4) is 0 Å². The molecule has 18 heavy (non-hydrogen) atoms. The standard InChI is InChI=1S/C13H20N2O2S/c1-10(11-6-7-11)8-15-18(16,17)9-12-4-2-3-5-13(12)14/h2-5,10-11,15H,6-9,14H2,1H3. The summed E-state index contributed by atoms with van der Waals surface area (Å²) >= 11 is 0. The Kier molecular flexibility index (Phi) is 3.92. The second kappa shape index (κ2) is 5.28. The summed E-state index contributed by atoms with van der Waals surface area (Å²) in [6, 6.07) is 7.07. The van der Waals surface area contributed by atoms with E-state index in [9.17, 15) is 8.42 Å². The van der Waals surface area contributed by atoms with Crippen molar-refractivity contribution >= 4 is 15.7 Å². The van der Waals surface area contributed by atoms with Gasteiger partial charge >= 0.3 is 0 Å². The second-order valence-electron chi connectivity index (χ2n) is 5.12. The van der Waals surface area contributed by atoms with Gasteiger partial charge in [-0.3, -0.25) is 0 Å². The molecule has 0 radical (unpaired) electrons. The molecule has 0 bridgehead atoms. The van der Waals surface area contributed by atoms with Crippen molar-refractivity contribution in [2.24, 2.45) is 11.8 Å². The molecule has 0 spiro atoms. The molecule has 1 saturated carbocycles. The van der Waals surface area contributed by atoms with Gasteiger partial charge in [-0.15, -0.1) is 0 Å². The van der Waals surface area contributed by atoms with Crippen LogP contribution in [0.5, 0.6) is 0 Å². The summed E-state index contributed by atoms with van der Waals surface area (Å²) in [5.41, 5.74) is 6.93. The first kappa shape index (κ1) is 13.4. The van der Waals surface area contributed by atoms with Crippen molar-refractivity contribution in [3.05, 3.63) is 29.8 Å². The van der Waals surface area contributed by atoms with E-state index in [0.717, 1.165) is 0 Å². The van der Waals surface area contributed by atoms with E-state index >= 15 is 0 Å². The zero-order valence-corrected chi connectivity index (χ0v) is 11.4. The molecule has 3 N–H and O–H groups in total. The van der Waals surface area contributed by atoms with Gasteiger partial charge in [-0.2, -0.15) is 0 Å². The second-order valence-corrected chi connectivity index (χ2v) is 6.93. The summed E-state index contributed by atoms with van der Waals surface area (Å²) < 4.78 is 26.5. The maximum Gasteiger partial charge on any atom is 0.215 e. The highest BCUT2D eigenvalue weighted by Gasteiger charge is 2.28. The lowest BCUT2D eigenvalue weighted by Gasteiger charge is -2.12. The van der Waals surface area contributed by atoms with Gasteiger partial charge in [0.25, 0.3) is 0 Å². The van der Waals surface area contributed by atoms with Crippen LogP contribution in [-0.2, 0) is 15.8 Å². The van der Waals surface area contributed by atoms with Crippen LogP contribution in [0.2, 0.25) is 0 Å². The van der Waals surface area contributed by atoms with Crippen molar-refractivity contribution in [3.8, 4) is 0 Å². The van der Waals surface area contributed by atoms with Gasteiger partial charge in [0.1, 0.15) is 0 Å². The van der Waals surface area contributed by atoms with E-state index in [2.05, 4.69) is 11.6 Å². The molecule has 1 aliphatic rings. The predicted octanol–water partition coefficient (Wildman–Crippen LogP) is 1.73. The lowest BCUT2D eigenvalue weighted by molar-refractivity contribution is 0.491. The lowest BCUT2D eigenvalue weighted by Crippen LogP contribution is -2.30. The molecule has 1 unspecified atom stereocenters. The van der Waals surface area contributed by atoms with Crippen LogP contribution < -0.4 is 10.5 Å². The Balaban J connectivity index is 1.92. The van der Waals surface area contributed by atoms with Gasteiger partial charge in [-0.25, -0.2) is 13.1 Å². The van der Waals surface area contributed by atoms with E-state index in [1.165, 1.54) is 12.8 Å². The zero-order chi connectivity index (χ0) is 13.2. The van der Waals surface area contributed by atoms with Crippen molar-refractivity contribution in [2.45, 2.75) is 25.5 Å². The first-order chi connectivity index (χ1) is 8.48. The van der Waals surface area contributed by atoms with Crippen LogP contribution in [0.25, 0.3) is 0 Å². The number of hydrogen-bond donors (Lipinski definition) is 2. The minimum atomic E-state index is -3.29. The van der Waals surface area contributed by atoms with E-state index < -0.39 is 10.0 Å². The van der Waals surface area contributed by atoms with Crippen LogP contribution in [0.4, 0.5) is 5.69 Å². The minimum Gasteiger partial charge on any atom is -0.398 e. The molecule has 2 rings (SSSR count).